The van der Waals surface area contributed by atoms with Gasteiger partial charge in [0.2, 0.25) is 0 Å². The molecule has 1 aliphatic rings. The van der Waals surface area contributed by atoms with Crippen LogP contribution >= 0.6 is 11.3 Å². The van der Waals surface area contributed by atoms with E-state index in [2.05, 4.69) is 28.7 Å². The van der Waals surface area contributed by atoms with Gasteiger partial charge in [-0.1, -0.05) is 13.8 Å². The van der Waals surface area contributed by atoms with E-state index in [-0.39, 0.29) is 11.8 Å². The number of aromatic nitrogens is 3. The van der Waals surface area contributed by atoms with Crippen LogP contribution in [0, 0.1) is 13.8 Å². The highest BCUT2D eigenvalue weighted by Crippen LogP contribution is 2.20. The quantitative estimate of drug-likeness (QED) is 0.559. The van der Waals surface area contributed by atoms with Gasteiger partial charge in [-0.05, 0) is 38.1 Å². The molecule has 0 N–H and O–H groups in total. The Morgan fingerprint density at radius 1 is 1.06 bits per heavy atom. The summed E-state index contributed by atoms with van der Waals surface area (Å²) in [7, 11) is 0. The van der Waals surface area contributed by atoms with Crippen LogP contribution in [0.25, 0.3) is 0 Å². The van der Waals surface area contributed by atoms with Crippen molar-refractivity contribution >= 4 is 23.1 Å². The topological polar surface area (TPSA) is 71.5 Å². The third-order valence-electron chi connectivity index (χ3n) is 5.42. The highest BCUT2D eigenvalue weighted by molar-refractivity contribution is 7.09. The van der Waals surface area contributed by atoms with E-state index in [9.17, 15) is 4.79 Å². The average Bonchev–Trinajstić information content (AvgIpc) is 3.22. The maximum Gasteiger partial charge on any atom is 0.253 e. The van der Waals surface area contributed by atoms with E-state index in [0.29, 0.717) is 25.3 Å². The molecule has 1 saturated heterocycles. The zero-order valence-corrected chi connectivity index (χ0v) is 19.9. The van der Waals surface area contributed by atoms with Gasteiger partial charge in [-0.3, -0.25) is 4.79 Å². The Kier molecular flexibility index (Phi) is 6.69. The van der Waals surface area contributed by atoms with Crippen molar-refractivity contribution in [3.63, 3.8) is 0 Å². The summed E-state index contributed by atoms with van der Waals surface area (Å²) in [5.74, 6) is 2.88. The van der Waals surface area contributed by atoms with Crippen molar-refractivity contribution in [1.29, 1.82) is 0 Å². The highest BCUT2D eigenvalue weighted by atomic mass is 32.1. The Morgan fingerprint density at radius 3 is 2.41 bits per heavy atom. The molecule has 0 spiro atoms. The number of thiazole rings is 1. The number of ether oxygens (including phenoxy) is 1. The SMILES string of the molecule is Cc1cc(N2CCN(C(=O)c3ccc(OCc4csc(C)n4)cc3)CC2)nc(C(C)C)n1. The lowest BCUT2D eigenvalue weighted by Crippen LogP contribution is -2.49. The fraction of sp³-hybridized carbons (Fsp3) is 0.417. The normalized spacial score (nSPS) is 14.2. The molecule has 168 valence electrons. The van der Waals surface area contributed by atoms with Gasteiger partial charge in [0.25, 0.3) is 5.91 Å². The number of carbonyl (C=O) groups excluding carboxylic acids is 1. The predicted molar refractivity (Wildman–Crippen MR) is 127 cm³/mol. The van der Waals surface area contributed by atoms with Gasteiger partial charge < -0.3 is 14.5 Å². The molecule has 0 bridgehead atoms. The van der Waals surface area contributed by atoms with E-state index in [0.717, 1.165) is 46.9 Å². The number of amides is 1. The molecule has 32 heavy (non-hydrogen) atoms. The second-order valence-electron chi connectivity index (χ2n) is 8.33. The highest BCUT2D eigenvalue weighted by Gasteiger charge is 2.23. The van der Waals surface area contributed by atoms with Gasteiger partial charge in [0.1, 0.15) is 24.0 Å². The number of benzene rings is 1. The molecule has 1 aliphatic heterocycles. The number of rotatable bonds is 6. The third-order valence-corrected chi connectivity index (χ3v) is 6.24. The maximum atomic E-state index is 13.0. The summed E-state index contributed by atoms with van der Waals surface area (Å²) in [6, 6.07) is 9.38. The molecule has 1 fully saturated rings. The lowest BCUT2D eigenvalue weighted by molar-refractivity contribution is 0.0746. The summed E-state index contributed by atoms with van der Waals surface area (Å²) < 4.78 is 5.79. The molecule has 0 radical (unpaired) electrons. The molecule has 3 aromatic rings. The van der Waals surface area contributed by atoms with Gasteiger partial charge in [0.15, 0.2) is 0 Å². The van der Waals surface area contributed by atoms with Crippen LogP contribution < -0.4 is 9.64 Å². The van der Waals surface area contributed by atoms with Crippen LogP contribution in [-0.4, -0.2) is 51.9 Å². The number of aryl methyl sites for hydroxylation is 2. The molecule has 7 nitrogen and oxygen atoms in total. The molecule has 0 unspecified atom stereocenters. The Hall–Kier alpha value is -3.00. The third kappa shape index (κ3) is 5.24. The summed E-state index contributed by atoms with van der Waals surface area (Å²) in [6.45, 7) is 11.5. The smallest absolute Gasteiger partial charge is 0.253 e. The van der Waals surface area contributed by atoms with Crippen LogP contribution in [0.2, 0.25) is 0 Å². The lowest BCUT2D eigenvalue weighted by Gasteiger charge is -2.35. The Labute approximate surface area is 193 Å². The predicted octanol–water partition coefficient (Wildman–Crippen LogP) is 4.21. The number of piperazine rings is 1. The van der Waals surface area contributed by atoms with Gasteiger partial charge in [0.05, 0.1) is 10.7 Å². The molecule has 2 aromatic heterocycles. The van der Waals surface area contributed by atoms with E-state index in [1.807, 2.05) is 54.5 Å². The first-order valence-corrected chi connectivity index (χ1v) is 11.8. The van der Waals surface area contributed by atoms with Crippen LogP contribution in [0.5, 0.6) is 5.75 Å². The largest absolute Gasteiger partial charge is 0.487 e. The van der Waals surface area contributed by atoms with Crippen molar-refractivity contribution in [3.8, 4) is 5.75 Å². The van der Waals surface area contributed by atoms with Crippen LogP contribution in [0.15, 0.2) is 35.7 Å². The summed E-state index contributed by atoms with van der Waals surface area (Å²) in [4.78, 5) is 30.8. The van der Waals surface area contributed by atoms with Crippen LogP contribution in [0.1, 0.15) is 52.3 Å². The minimum absolute atomic E-state index is 0.0491. The van der Waals surface area contributed by atoms with Gasteiger partial charge in [-0.25, -0.2) is 15.0 Å². The second-order valence-corrected chi connectivity index (χ2v) is 9.39. The van der Waals surface area contributed by atoms with Crippen molar-refractivity contribution in [1.82, 2.24) is 19.9 Å². The molecule has 1 amide bonds. The molecular formula is C24H29N5O2S. The van der Waals surface area contributed by atoms with Gasteiger partial charge in [0, 0.05) is 54.8 Å². The van der Waals surface area contributed by atoms with E-state index in [1.54, 1.807) is 11.3 Å². The summed E-state index contributed by atoms with van der Waals surface area (Å²) in [6.07, 6.45) is 0. The van der Waals surface area contributed by atoms with Gasteiger partial charge >= 0.3 is 0 Å². The van der Waals surface area contributed by atoms with E-state index < -0.39 is 0 Å². The molecule has 0 aliphatic carbocycles. The van der Waals surface area contributed by atoms with Gasteiger partial charge in [-0.2, -0.15) is 0 Å². The zero-order valence-electron chi connectivity index (χ0n) is 19.0. The minimum atomic E-state index is 0.0491. The number of hydrogen-bond donors (Lipinski definition) is 0. The zero-order chi connectivity index (χ0) is 22.7. The number of carbonyl (C=O) groups is 1. The maximum absolute atomic E-state index is 13.0. The first-order valence-electron chi connectivity index (χ1n) is 10.9. The summed E-state index contributed by atoms with van der Waals surface area (Å²) >= 11 is 1.61. The van der Waals surface area contributed by atoms with Crippen molar-refractivity contribution in [2.24, 2.45) is 0 Å². The first-order chi connectivity index (χ1) is 15.4. The fourth-order valence-electron chi connectivity index (χ4n) is 3.64. The molecule has 0 atom stereocenters. The fourth-order valence-corrected chi connectivity index (χ4v) is 4.24. The lowest BCUT2D eigenvalue weighted by atomic mass is 10.1. The summed E-state index contributed by atoms with van der Waals surface area (Å²) in [5, 5.41) is 3.03. The van der Waals surface area contributed by atoms with Crippen LogP contribution in [-0.2, 0) is 6.61 Å². The van der Waals surface area contributed by atoms with Crippen molar-refractivity contribution in [2.45, 2.75) is 40.2 Å². The Morgan fingerprint density at radius 2 is 1.78 bits per heavy atom. The molecule has 0 saturated carbocycles. The van der Waals surface area contributed by atoms with Crippen molar-refractivity contribution in [2.75, 3.05) is 31.1 Å². The number of hydrogen-bond acceptors (Lipinski definition) is 7. The van der Waals surface area contributed by atoms with E-state index in [1.165, 1.54) is 0 Å². The molecule has 1 aromatic carbocycles. The molecule has 4 rings (SSSR count). The van der Waals surface area contributed by atoms with Crippen molar-refractivity contribution < 1.29 is 9.53 Å². The van der Waals surface area contributed by atoms with Crippen LogP contribution in [0.4, 0.5) is 5.82 Å². The number of nitrogens with zero attached hydrogens (tertiary/aromatic N) is 5. The van der Waals surface area contributed by atoms with E-state index in [4.69, 9.17) is 9.72 Å². The first kappa shape index (κ1) is 22.2. The Bertz CT molecular complexity index is 1070. The molecule has 3 heterocycles. The standard InChI is InChI=1S/C24H29N5O2S/c1-16(2)23-25-17(3)13-22(27-23)28-9-11-29(12-10-28)24(30)19-5-7-21(8-6-19)31-14-20-15-32-18(4)26-20/h5-8,13,15-16H,9-12,14H2,1-4H3. The van der Waals surface area contributed by atoms with Crippen LogP contribution in [0.3, 0.4) is 0 Å². The van der Waals surface area contributed by atoms with Crippen molar-refractivity contribution in [3.05, 3.63) is 63.5 Å². The van der Waals surface area contributed by atoms with E-state index >= 15 is 0 Å². The second kappa shape index (κ2) is 9.65. The summed E-state index contributed by atoms with van der Waals surface area (Å²) in [5.41, 5.74) is 2.57. The average molecular weight is 452 g/mol. The molecule has 8 heteroatoms. The minimum Gasteiger partial charge on any atom is -0.487 e. The molecular weight excluding hydrogens is 422 g/mol. The Balaban J connectivity index is 1.33. The van der Waals surface area contributed by atoms with Gasteiger partial charge in [-0.15, -0.1) is 11.3 Å². The number of anilines is 1. The monoisotopic (exact) mass is 451 g/mol.